The van der Waals surface area contributed by atoms with Crippen molar-refractivity contribution in [1.82, 2.24) is 0 Å². The van der Waals surface area contributed by atoms with Crippen LogP contribution in [0.15, 0.2) is 0 Å². The highest BCUT2D eigenvalue weighted by Gasteiger charge is 2.11. The Morgan fingerprint density at radius 3 is 0.889 bits per heavy atom. The monoisotopic (exact) mass is 402 g/mol. The summed E-state index contributed by atoms with van der Waals surface area (Å²) in [7, 11) is 0. The zero-order valence-electron chi connectivity index (χ0n) is 3.72. The van der Waals surface area contributed by atoms with Gasteiger partial charge in [-0.05, 0) is 0 Å². The lowest BCUT2D eigenvalue weighted by Crippen LogP contribution is -1.81. The molecule has 0 N–H and O–H groups in total. The molecule has 0 saturated carbocycles. The molecule has 0 fully saturated rings. The first-order chi connectivity index (χ1) is 3.73. The Bertz CT molecular complexity index is 50.6. The smallest absolute Gasteiger partial charge is 0.0664 e. The predicted molar refractivity (Wildman–Crippen MR) is 56.7 cm³/mol. The molecular formula is C2HBr3Cl4. The SMILES string of the molecule is BrC(Br)Br.ClC(Cl)(Cl)Cl. The average Bonchev–Trinajstić information content (AvgIpc) is 1.19. The summed E-state index contributed by atoms with van der Waals surface area (Å²) in [4.78, 5) is 0. The van der Waals surface area contributed by atoms with E-state index in [-0.39, 0.29) is 2.65 Å². The van der Waals surface area contributed by atoms with Gasteiger partial charge in [-0.25, -0.2) is 0 Å². The first-order valence-corrected chi connectivity index (χ1v) is 5.67. The van der Waals surface area contributed by atoms with Crippen LogP contribution in [0, 0.1) is 0 Å². The van der Waals surface area contributed by atoms with Crippen molar-refractivity contribution in [2.75, 3.05) is 0 Å². The maximum Gasteiger partial charge on any atom is 0.266 e. The van der Waals surface area contributed by atoms with Crippen LogP contribution in [0.5, 0.6) is 0 Å². The second-order valence-corrected chi connectivity index (χ2v) is 10.5. The molecule has 0 nitrogen and oxygen atoms in total. The lowest BCUT2D eigenvalue weighted by molar-refractivity contribution is 1.76. The van der Waals surface area contributed by atoms with Crippen LogP contribution in [0.2, 0.25) is 0 Å². The maximum absolute atomic E-state index is 4.83. The Balaban J connectivity index is 0. The van der Waals surface area contributed by atoms with Gasteiger partial charge in [0.15, 0.2) is 0 Å². The summed E-state index contributed by atoms with van der Waals surface area (Å²) in [6.07, 6.45) is 0. The van der Waals surface area contributed by atoms with Crippen molar-refractivity contribution in [3.8, 4) is 0 Å². The lowest BCUT2D eigenvalue weighted by Gasteiger charge is -1.91. The van der Waals surface area contributed by atoms with Crippen LogP contribution in [0.1, 0.15) is 0 Å². The first kappa shape index (κ1) is 14.1. The number of rotatable bonds is 0. The van der Waals surface area contributed by atoms with Crippen LogP contribution >= 0.6 is 94.2 Å². The molecule has 0 atom stereocenters. The van der Waals surface area contributed by atoms with E-state index in [9.17, 15) is 0 Å². The molecule has 0 aromatic carbocycles. The topological polar surface area (TPSA) is 0 Å². The molecule has 0 saturated heterocycles. The highest BCUT2D eigenvalue weighted by Crippen LogP contribution is 2.29. The van der Waals surface area contributed by atoms with Crippen molar-refractivity contribution in [2.24, 2.45) is 0 Å². The van der Waals surface area contributed by atoms with Crippen LogP contribution in [-0.2, 0) is 0 Å². The molecule has 0 rings (SSSR count). The van der Waals surface area contributed by atoms with Crippen molar-refractivity contribution < 1.29 is 0 Å². The molecule has 0 unspecified atom stereocenters. The number of hydrogen-bond donors (Lipinski definition) is 0. The molecule has 0 amide bonds. The van der Waals surface area contributed by atoms with Gasteiger partial charge in [0.1, 0.15) is 2.65 Å². The van der Waals surface area contributed by atoms with E-state index in [0.717, 1.165) is 0 Å². The average molecular weight is 407 g/mol. The summed E-state index contributed by atoms with van der Waals surface area (Å²) in [5, 5.41) is 0. The quantitative estimate of drug-likeness (QED) is 0.496. The molecule has 9 heavy (non-hydrogen) atoms. The molecule has 0 radical (unpaired) electrons. The van der Waals surface area contributed by atoms with E-state index in [1.165, 1.54) is 0 Å². The number of halogens is 7. The minimum absolute atomic E-state index is 0.271. The standard InChI is InChI=1S/CHBr3.CCl4/c2-1(3)4;2-1(3,4)5/h1H;. The van der Waals surface area contributed by atoms with Crippen molar-refractivity contribution >= 4 is 94.2 Å². The predicted octanol–water partition coefficient (Wildman–Crippen LogP) is 5.01. The van der Waals surface area contributed by atoms with E-state index >= 15 is 0 Å². The van der Waals surface area contributed by atoms with Gasteiger partial charge in [0.05, 0.1) is 0 Å². The molecule has 7 heteroatoms. The van der Waals surface area contributed by atoms with E-state index < -0.39 is 3.25 Å². The van der Waals surface area contributed by atoms with Crippen molar-refractivity contribution in [1.29, 1.82) is 0 Å². The van der Waals surface area contributed by atoms with E-state index in [1.54, 1.807) is 0 Å². The van der Waals surface area contributed by atoms with Crippen molar-refractivity contribution in [3.63, 3.8) is 0 Å². The largest absolute Gasteiger partial charge is 0.266 e. The van der Waals surface area contributed by atoms with Gasteiger partial charge in [-0.2, -0.15) is 0 Å². The van der Waals surface area contributed by atoms with E-state index in [2.05, 4.69) is 47.8 Å². The zero-order valence-corrected chi connectivity index (χ0v) is 11.5. The third-order valence-corrected chi connectivity index (χ3v) is 0. The first-order valence-electron chi connectivity index (χ1n) is 1.41. The molecule has 0 aliphatic rings. The fourth-order valence-corrected chi connectivity index (χ4v) is 0. The van der Waals surface area contributed by atoms with Crippen LogP contribution in [-0.4, -0.2) is 5.90 Å². The van der Waals surface area contributed by atoms with Gasteiger partial charge < -0.3 is 0 Å². The summed E-state index contributed by atoms with van der Waals surface area (Å²) < 4.78 is -1.34. The fourth-order valence-electron chi connectivity index (χ4n) is 0. The number of hydrogen-bond acceptors (Lipinski definition) is 0. The molecular weight excluding hydrogens is 406 g/mol. The van der Waals surface area contributed by atoms with E-state index in [4.69, 9.17) is 46.4 Å². The normalized spacial score (nSPS) is 10.7. The molecule has 0 aromatic rings. The Morgan fingerprint density at radius 2 is 0.889 bits per heavy atom. The highest BCUT2D eigenvalue weighted by atomic mass is 80.0. The van der Waals surface area contributed by atoms with Crippen LogP contribution < -0.4 is 0 Å². The van der Waals surface area contributed by atoms with Gasteiger partial charge in [0, 0.05) is 0 Å². The molecule has 0 aliphatic heterocycles. The van der Waals surface area contributed by atoms with Crippen molar-refractivity contribution in [3.05, 3.63) is 0 Å². The van der Waals surface area contributed by atoms with Gasteiger partial charge in [-0.15, -0.1) is 0 Å². The van der Waals surface area contributed by atoms with Gasteiger partial charge in [0.25, 0.3) is 3.25 Å². The Labute approximate surface area is 98.9 Å². The minimum atomic E-state index is -1.61. The zero-order chi connectivity index (χ0) is 8.08. The minimum Gasteiger partial charge on any atom is -0.0664 e. The summed E-state index contributed by atoms with van der Waals surface area (Å²) in [6, 6.07) is 0. The summed E-state index contributed by atoms with van der Waals surface area (Å²) in [5.41, 5.74) is 0. The molecule has 0 heterocycles. The molecule has 0 bridgehead atoms. The van der Waals surface area contributed by atoms with Crippen LogP contribution in [0.25, 0.3) is 0 Å². The van der Waals surface area contributed by atoms with Crippen molar-refractivity contribution in [2.45, 2.75) is 5.90 Å². The molecule has 58 valence electrons. The van der Waals surface area contributed by atoms with Crippen LogP contribution in [0.4, 0.5) is 0 Å². The molecule has 0 aliphatic carbocycles. The van der Waals surface area contributed by atoms with Gasteiger partial charge >= 0.3 is 0 Å². The van der Waals surface area contributed by atoms with Crippen LogP contribution in [0.3, 0.4) is 0 Å². The Morgan fingerprint density at radius 1 is 0.889 bits per heavy atom. The summed E-state index contributed by atoms with van der Waals surface area (Å²) >= 11 is 28.6. The van der Waals surface area contributed by atoms with Gasteiger partial charge in [0.2, 0.25) is 0 Å². The highest BCUT2D eigenvalue weighted by molar-refractivity contribution is 9.38. The van der Waals surface area contributed by atoms with Gasteiger partial charge in [-0.3, -0.25) is 0 Å². The summed E-state index contributed by atoms with van der Waals surface area (Å²) in [5.74, 6) is 0. The van der Waals surface area contributed by atoms with Gasteiger partial charge in [-0.1, -0.05) is 94.2 Å². The second-order valence-electron chi connectivity index (χ2n) is 0.676. The summed E-state index contributed by atoms with van der Waals surface area (Å²) in [6.45, 7) is 0. The Kier molecular flexibility index (Phi) is 11.4. The maximum atomic E-state index is 4.83. The number of alkyl halides is 7. The van der Waals surface area contributed by atoms with E-state index in [0.29, 0.717) is 0 Å². The lowest BCUT2D eigenvalue weighted by atomic mass is 11.8. The molecule has 0 spiro atoms. The Hall–Kier alpha value is 2.60. The third-order valence-electron chi connectivity index (χ3n) is 0. The fraction of sp³-hybridized carbons (Fsp3) is 1.00. The molecule has 0 aromatic heterocycles. The van der Waals surface area contributed by atoms with E-state index in [1.807, 2.05) is 0 Å². The second kappa shape index (κ2) is 7.26. The third kappa shape index (κ3) is 116.